The maximum atomic E-state index is 14.0. The zero-order valence-corrected chi connectivity index (χ0v) is 13.4. The Morgan fingerprint density at radius 2 is 2.05 bits per heavy atom. The summed E-state index contributed by atoms with van der Waals surface area (Å²) >= 11 is 3.20. The zero-order chi connectivity index (χ0) is 15.4. The Morgan fingerprint density at radius 3 is 2.62 bits per heavy atom. The summed E-state index contributed by atoms with van der Waals surface area (Å²) < 4.78 is 19.0. The van der Waals surface area contributed by atoms with Gasteiger partial charge in [0.2, 0.25) is 0 Å². The van der Waals surface area contributed by atoms with Gasteiger partial charge >= 0.3 is 5.97 Å². The number of nitrogens with zero attached hydrogens (tertiary/aromatic N) is 1. The van der Waals surface area contributed by atoms with Crippen LogP contribution in [-0.2, 0) is 9.53 Å². The normalized spacial score (nSPS) is 15.0. The van der Waals surface area contributed by atoms with Gasteiger partial charge in [-0.05, 0) is 40.9 Å². The predicted molar refractivity (Wildman–Crippen MR) is 79.4 cm³/mol. The molecule has 114 valence electrons. The van der Waals surface area contributed by atoms with Crippen LogP contribution in [0.3, 0.4) is 0 Å². The molecule has 0 saturated heterocycles. The zero-order valence-electron chi connectivity index (χ0n) is 11.8. The highest BCUT2D eigenvalue weighted by atomic mass is 79.9. The molecular weight excluding hydrogens is 341 g/mol. The molecular formula is C15H17BrFNO3. The monoisotopic (exact) mass is 357 g/mol. The fourth-order valence-corrected chi connectivity index (χ4v) is 3.14. The predicted octanol–water partition coefficient (Wildman–Crippen LogP) is 3.15. The smallest absolute Gasteiger partial charge is 0.325 e. The standard InChI is InChI=1S/C15H17BrFNO3/c1-21-13(19)9-18(10-5-2-3-6-10)15(20)14-11(16)7-4-8-12(14)17/h4,7-8,10H,2-3,5-6,9H2,1H3. The van der Waals surface area contributed by atoms with Crippen molar-refractivity contribution >= 4 is 27.8 Å². The third-order valence-electron chi connectivity index (χ3n) is 3.73. The molecule has 1 fully saturated rings. The average molecular weight is 358 g/mol. The largest absolute Gasteiger partial charge is 0.468 e. The maximum absolute atomic E-state index is 14.0. The van der Waals surface area contributed by atoms with E-state index in [0.29, 0.717) is 4.47 Å². The molecule has 0 spiro atoms. The summed E-state index contributed by atoms with van der Waals surface area (Å²) in [4.78, 5) is 25.7. The second-order valence-electron chi connectivity index (χ2n) is 5.04. The van der Waals surface area contributed by atoms with Crippen LogP contribution in [0, 0.1) is 5.82 Å². The maximum Gasteiger partial charge on any atom is 0.325 e. The summed E-state index contributed by atoms with van der Waals surface area (Å²) in [6, 6.07) is 4.34. The first-order chi connectivity index (χ1) is 10.0. The molecule has 1 aliphatic carbocycles. The first kappa shape index (κ1) is 15.9. The van der Waals surface area contributed by atoms with Crippen molar-refractivity contribution in [2.45, 2.75) is 31.7 Å². The Kier molecular flexibility index (Phi) is 5.33. The lowest BCUT2D eigenvalue weighted by atomic mass is 10.1. The van der Waals surface area contributed by atoms with Crippen LogP contribution >= 0.6 is 15.9 Å². The molecule has 4 nitrogen and oxygen atoms in total. The van der Waals surface area contributed by atoms with E-state index < -0.39 is 17.7 Å². The second-order valence-corrected chi connectivity index (χ2v) is 5.90. The van der Waals surface area contributed by atoms with Gasteiger partial charge in [-0.25, -0.2) is 4.39 Å². The SMILES string of the molecule is COC(=O)CN(C(=O)c1c(F)cccc1Br)C1CCCC1. The number of carbonyl (C=O) groups is 2. The Hall–Kier alpha value is -1.43. The number of ether oxygens (including phenoxy) is 1. The molecule has 6 heteroatoms. The molecule has 0 aromatic heterocycles. The highest BCUT2D eigenvalue weighted by molar-refractivity contribution is 9.10. The van der Waals surface area contributed by atoms with Crippen LogP contribution in [0.15, 0.2) is 22.7 Å². The van der Waals surface area contributed by atoms with Gasteiger partial charge in [0.05, 0.1) is 12.7 Å². The van der Waals surface area contributed by atoms with E-state index in [0.717, 1.165) is 25.7 Å². The summed E-state index contributed by atoms with van der Waals surface area (Å²) in [5.41, 5.74) is -0.0340. The third kappa shape index (κ3) is 3.61. The van der Waals surface area contributed by atoms with Crippen molar-refractivity contribution in [2.24, 2.45) is 0 Å². The molecule has 21 heavy (non-hydrogen) atoms. The number of hydrogen-bond donors (Lipinski definition) is 0. The van der Waals surface area contributed by atoms with Crippen molar-refractivity contribution < 1.29 is 18.7 Å². The number of methoxy groups -OCH3 is 1. The van der Waals surface area contributed by atoms with E-state index in [1.807, 2.05) is 0 Å². The van der Waals surface area contributed by atoms with Gasteiger partial charge in [-0.15, -0.1) is 0 Å². The Balaban J connectivity index is 2.30. The summed E-state index contributed by atoms with van der Waals surface area (Å²) in [6.07, 6.45) is 3.67. The van der Waals surface area contributed by atoms with Gasteiger partial charge in [0.15, 0.2) is 0 Å². The topological polar surface area (TPSA) is 46.6 Å². The van der Waals surface area contributed by atoms with Crippen molar-refractivity contribution in [3.05, 3.63) is 34.1 Å². The first-order valence-electron chi connectivity index (χ1n) is 6.86. The summed E-state index contributed by atoms with van der Waals surface area (Å²) in [5, 5.41) is 0. The minimum absolute atomic E-state index is 0.0340. The van der Waals surface area contributed by atoms with Crippen molar-refractivity contribution in [1.82, 2.24) is 4.90 Å². The highest BCUT2D eigenvalue weighted by Gasteiger charge is 2.31. The van der Waals surface area contributed by atoms with Gasteiger partial charge in [-0.3, -0.25) is 9.59 Å². The van der Waals surface area contributed by atoms with Crippen molar-refractivity contribution in [2.75, 3.05) is 13.7 Å². The Labute approximate surface area is 131 Å². The minimum Gasteiger partial charge on any atom is -0.468 e. The number of carbonyl (C=O) groups excluding carboxylic acids is 2. The number of hydrogen-bond acceptors (Lipinski definition) is 3. The van der Waals surface area contributed by atoms with E-state index in [1.54, 1.807) is 6.07 Å². The van der Waals surface area contributed by atoms with E-state index >= 15 is 0 Å². The lowest BCUT2D eigenvalue weighted by Gasteiger charge is -2.28. The number of amides is 1. The minimum atomic E-state index is -0.595. The number of esters is 1. The summed E-state index contributed by atoms with van der Waals surface area (Å²) in [5.74, 6) is -1.57. The van der Waals surface area contributed by atoms with Gasteiger partial charge in [0.1, 0.15) is 12.4 Å². The Morgan fingerprint density at radius 1 is 1.38 bits per heavy atom. The number of rotatable bonds is 4. The molecule has 1 amide bonds. The van der Waals surface area contributed by atoms with Crippen molar-refractivity contribution in [3.63, 3.8) is 0 Å². The fourth-order valence-electron chi connectivity index (χ4n) is 2.63. The molecule has 2 rings (SSSR count). The molecule has 0 heterocycles. The lowest BCUT2D eigenvalue weighted by Crippen LogP contribution is -2.43. The third-order valence-corrected chi connectivity index (χ3v) is 4.39. The number of benzene rings is 1. The van der Waals surface area contributed by atoms with Crippen LogP contribution in [-0.4, -0.2) is 36.5 Å². The molecule has 1 aliphatic rings. The van der Waals surface area contributed by atoms with Gasteiger partial charge in [0.25, 0.3) is 5.91 Å². The summed E-state index contributed by atoms with van der Waals surface area (Å²) in [6.45, 7) is -0.152. The summed E-state index contributed by atoms with van der Waals surface area (Å²) in [7, 11) is 1.28. The van der Waals surface area contributed by atoms with Crippen LogP contribution in [0.2, 0.25) is 0 Å². The van der Waals surface area contributed by atoms with Gasteiger partial charge in [-0.2, -0.15) is 0 Å². The molecule has 0 bridgehead atoms. The molecule has 0 unspecified atom stereocenters. The van der Waals surface area contributed by atoms with E-state index in [2.05, 4.69) is 20.7 Å². The van der Waals surface area contributed by atoms with Crippen molar-refractivity contribution in [1.29, 1.82) is 0 Å². The molecule has 1 aromatic carbocycles. The first-order valence-corrected chi connectivity index (χ1v) is 7.65. The van der Waals surface area contributed by atoms with E-state index in [-0.39, 0.29) is 18.2 Å². The van der Waals surface area contributed by atoms with Crippen LogP contribution in [0.5, 0.6) is 0 Å². The molecule has 0 atom stereocenters. The average Bonchev–Trinajstić information content (AvgIpc) is 2.97. The highest BCUT2D eigenvalue weighted by Crippen LogP contribution is 2.28. The molecule has 1 saturated carbocycles. The number of halogens is 2. The van der Waals surface area contributed by atoms with Gasteiger partial charge < -0.3 is 9.64 Å². The second kappa shape index (κ2) is 7.02. The fraction of sp³-hybridized carbons (Fsp3) is 0.467. The van der Waals surface area contributed by atoms with Crippen LogP contribution in [0.4, 0.5) is 4.39 Å². The van der Waals surface area contributed by atoms with Gasteiger partial charge in [0, 0.05) is 10.5 Å². The van der Waals surface area contributed by atoms with Gasteiger partial charge in [-0.1, -0.05) is 18.9 Å². The molecule has 0 aliphatic heterocycles. The quantitative estimate of drug-likeness (QED) is 0.777. The Bertz CT molecular complexity index is 523. The molecule has 0 N–H and O–H groups in total. The van der Waals surface area contributed by atoms with Crippen molar-refractivity contribution in [3.8, 4) is 0 Å². The van der Waals surface area contributed by atoms with E-state index in [1.165, 1.54) is 24.1 Å². The van der Waals surface area contributed by atoms with E-state index in [4.69, 9.17) is 0 Å². The van der Waals surface area contributed by atoms with Crippen LogP contribution in [0.25, 0.3) is 0 Å². The van der Waals surface area contributed by atoms with Crippen LogP contribution in [0.1, 0.15) is 36.0 Å². The molecule has 0 radical (unpaired) electrons. The molecule has 1 aromatic rings. The van der Waals surface area contributed by atoms with Crippen LogP contribution < -0.4 is 0 Å². The van der Waals surface area contributed by atoms with E-state index in [9.17, 15) is 14.0 Å². The lowest BCUT2D eigenvalue weighted by molar-refractivity contribution is -0.141.